The lowest BCUT2D eigenvalue weighted by Gasteiger charge is -2.19. The summed E-state index contributed by atoms with van der Waals surface area (Å²) in [6.45, 7) is 3.67. The van der Waals surface area contributed by atoms with Gasteiger partial charge in [-0.2, -0.15) is 0 Å². The number of halogens is 1. The first-order valence-corrected chi connectivity index (χ1v) is 5.07. The van der Waals surface area contributed by atoms with Crippen molar-refractivity contribution in [3.05, 3.63) is 40.5 Å². The standard InChI is InChI=1S/C12H11ClO2/c1-7-4-3-5-9-8(7)6-10(11(14)15)12(9,2)13/h3-6H,1-2H3,(H,14,15). The molecule has 1 unspecified atom stereocenters. The maximum atomic E-state index is 11.0. The molecule has 0 saturated carbocycles. The van der Waals surface area contributed by atoms with E-state index in [9.17, 15) is 4.79 Å². The average molecular weight is 223 g/mol. The van der Waals surface area contributed by atoms with Crippen LogP contribution in [-0.4, -0.2) is 11.1 Å². The van der Waals surface area contributed by atoms with Crippen molar-refractivity contribution in [3.63, 3.8) is 0 Å². The van der Waals surface area contributed by atoms with E-state index in [0.29, 0.717) is 0 Å². The summed E-state index contributed by atoms with van der Waals surface area (Å²) in [7, 11) is 0. The van der Waals surface area contributed by atoms with Gasteiger partial charge in [0.05, 0.1) is 10.4 Å². The number of carboxylic acid groups (broad SMARTS) is 1. The van der Waals surface area contributed by atoms with Crippen LogP contribution in [0.25, 0.3) is 6.08 Å². The van der Waals surface area contributed by atoms with Crippen molar-refractivity contribution in [2.75, 3.05) is 0 Å². The fourth-order valence-corrected chi connectivity index (χ4v) is 2.27. The molecule has 0 radical (unpaired) electrons. The molecule has 0 bridgehead atoms. The van der Waals surface area contributed by atoms with Gasteiger partial charge in [0.15, 0.2) is 0 Å². The minimum absolute atomic E-state index is 0.244. The molecule has 0 aliphatic heterocycles. The molecule has 78 valence electrons. The van der Waals surface area contributed by atoms with Crippen LogP contribution in [0.1, 0.15) is 23.6 Å². The van der Waals surface area contributed by atoms with E-state index in [4.69, 9.17) is 16.7 Å². The van der Waals surface area contributed by atoms with E-state index in [0.717, 1.165) is 16.7 Å². The molecule has 0 saturated heterocycles. The first-order chi connectivity index (χ1) is 6.94. The maximum absolute atomic E-state index is 11.0. The number of carbonyl (C=O) groups is 1. The third kappa shape index (κ3) is 1.37. The highest BCUT2D eigenvalue weighted by atomic mass is 35.5. The van der Waals surface area contributed by atoms with Gasteiger partial charge in [0.1, 0.15) is 0 Å². The summed E-state index contributed by atoms with van der Waals surface area (Å²) >= 11 is 6.28. The highest BCUT2D eigenvalue weighted by Crippen LogP contribution is 2.45. The number of hydrogen-bond acceptors (Lipinski definition) is 1. The predicted molar refractivity (Wildman–Crippen MR) is 60.0 cm³/mol. The van der Waals surface area contributed by atoms with Gasteiger partial charge in [-0.25, -0.2) is 4.79 Å². The number of aryl methyl sites for hydroxylation is 1. The van der Waals surface area contributed by atoms with Crippen molar-refractivity contribution in [1.29, 1.82) is 0 Å². The van der Waals surface area contributed by atoms with Crippen molar-refractivity contribution in [2.24, 2.45) is 0 Å². The monoisotopic (exact) mass is 222 g/mol. The van der Waals surface area contributed by atoms with Crippen LogP contribution in [0.15, 0.2) is 23.8 Å². The van der Waals surface area contributed by atoms with E-state index in [-0.39, 0.29) is 5.57 Å². The number of rotatable bonds is 1. The second-order valence-corrected chi connectivity index (χ2v) is 4.66. The number of benzene rings is 1. The molecule has 0 heterocycles. The van der Waals surface area contributed by atoms with Crippen LogP contribution in [0, 0.1) is 6.92 Å². The second kappa shape index (κ2) is 3.11. The van der Waals surface area contributed by atoms with Crippen LogP contribution in [0.3, 0.4) is 0 Å². The fraction of sp³-hybridized carbons (Fsp3) is 0.250. The number of hydrogen-bond donors (Lipinski definition) is 1. The normalized spacial score (nSPS) is 23.5. The van der Waals surface area contributed by atoms with Crippen LogP contribution in [0.4, 0.5) is 0 Å². The number of aliphatic carboxylic acids is 1. The molecular formula is C12H11ClO2. The highest BCUT2D eigenvalue weighted by Gasteiger charge is 2.39. The molecule has 1 aliphatic rings. The average Bonchev–Trinajstić information content (AvgIpc) is 2.40. The summed E-state index contributed by atoms with van der Waals surface area (Å²) in [5.74, 6) is -0.955. The molecule has 2 rings (SSSR count). The lowest BCUT2D eigenvalue weighted by Crippen LogP contribution is -2.19. The van der Waals surface area contributed by atoms with E-state index < -0.39 is 10.8 Å². The lowest BCUT2D eigenvalue weighted by atomic mass is 9.95. The van der Waals surface area contributed by atoms with Gasteiger partial charge < -0.3 is 5.11 Å². The molecule has 0 amide bonds. The summed E-state index contributed by atoms with van der Waals surface area (Å²) in [5.41, 5.74) is 3.11. The van der Waals surface area contributed by atoms with E-state index in [2.05, 4.69) is 0 Å². The van der Waals surface area contributed by atoms with Crippen molar-refractivity contribution in [2.45, 2.75) is 18.7 Å². The Morgan fingerprint density at radius 1 is 1.47 bits per heavy atom. The Morgan fingerprint density at radius 2 is 2.13 bits per heavy atom. The quantitative estimate of drug-likeness (QED) is 0.742. The van der Waals surface area contributed by atoms with E-state index in [1.165, 1.54) is 0 Å². The van der Waals surface area contributed by atoms with E-state index >= 15 is 0 Å². The number of fused-ring (bicyclic) bond motifs is 1. The van der Waals surface area contributed by atoms with Crippen molar-refractivity contribution >= 4 is 23.6 Å². The molecule has 2 nitrogen and oxygen atoms in total. The largest absolute Gasteiger partial charge is 0.478 e. The fourth-order valence-electron chi connectivity index (χ4n) is 1.97. The molecule has 0 fully saturated rings. The van der Waals surface area contributed by atoms with Gasteiger partial charge >= 0.3 is 5.97 Å². The number of alkyl halides is 1. The van der Waals surface area contributed by atoms with Gasteiger partial charge in [0.25, 0.3) is 0 Å². The summed E-state index contributed by atoms with van der Waals surface area (Å²) in [4.78, 5) is 10.1. The molecule has 1 aromatic carbocycles. The molecule has 1 aromatic rings. The van der Waals surface area contributed by atoms with Gasteiger partial charge in [-0.15, -0.1) is 11.6 Å². The molecular weight excluding hydrogens is 212 g/mol. The van der Waals surface area contributed by atoms with Crippen LogP contribution >= 0.6 is 11.6 Å². The molecule has 1 aliphatic carbocycles. The molecule has 15 heavy (non-hydrogen) atoms. The van der Waals surface area contributed by atoms with Crippen LogP contribution in [-0.2, 0) is 9.67 Å². The van der Waals surface area contributed by atoms with E-state index in [1.54, 1.807) is 13.0 Å². The molecule has 0 aromatic heterocycles. The van der Waals surface area contributed by atoms with Crippen LogP contribution < -0.4 is 0 Å². The SMILES string of the molecule is Cc1cccc2c1C=C(C(=O)O)C2(C)Cl. The molecule has 0 spiro atoms. The minimum Gasteiger partial charge on any atom is -0.478 e. The van der Waals surface area contributed by atoms with Crippen molar-refractivity contribution < 1.29 is 9.90 Å². The summed E-state index contributed by atoms with van der Waals surface area (Å²) < 4.78 is 0. The van der Waals surface area contributed by atoms with Gasteiger partial charge in [0.2, 0.25) is 0 Å². The Labute approximate surface area is 93.2 Å². The molecule has 3 heteroatoms. The third-order valence-corrected chi connectivity index (χ3v) is 3.26. The van der Waals surface area contributed by atoms with Crippen molar-refractivity contribution in [1.82, 2.24) is 0 Å². The van der Waals surface area contributed by atoms with Gasteiger partial charge in [0, 0.05) is 0 Å². The van der Waals surface area contributed by atoms with Gasteiger partial charge in [-0.05, 0) is 36.6 Å². The minimum atomic E-state index is -0.955. The second-order valence-electron chi connectivity index (χ2n) is 3.90. The highest BCUT2D eigenvalue weighted by molar-refractivity contribution is 6.30. The Balaban J connectivity index is 2.68. The summed E-state index contributed by atoms with van der Waals surface area (Å²) in [5, 5.41) is 9.06. The third-order valence-electron chi connectivity index (χ3n) is 2.85. The molecule has 1 atom stereocenters. The summed E-state index contributed by atoms with van der Waals surface area (Å²) in [6.07, 6.45) is 1.67. The zero-order valence-corrected chi connectivity index (χ0v) is 9.30. The smallest absolute Gasteiger partial charge is 0.333 e. The van der Waals surface area contributed by atoms with Gasteiger partial charge in [-0.1, -0.05) is 18.2 Å². The summed E-state index contributed by atoms with van der Waals surface area (Å²) in [6, 6.07) is 5.72. The Kier molecular flexibility index (Phi) is 2.12. The lowest BCUT2D eigenvalue weighted by molar-refractivity contribution is -0.132. The maximum Gasteiger partial charge on any atom is 0.333 e. The zero-order valence-electron chi connectivity index (χ0n) is 8.54. The number of carboxylic acids is 1. The Morgan fingerprint density at radius 3 is 2.67 bits per heavy atom. The Bertz CT molecular complexity index is 473. The van der Waals surface area contributed by atoms with E-state index in [1.807, 2.05) is 25.1 Å². The first kappa shape index (κ1) is 10.2. The topological polar surface area (TPSA) is 37.3 Å². The van der Waals surface area contributed by atoms with Crippen molar-refractivity contribution in [3.8, 4) is 0 Å². The van der Waals surface area contributed by atoms with Crippen LogP contribution in [0.2, 0.25) is 0 Å². The predicted octanol–water partition coefficient (Wildman–Crippen LogP) is 2.93. The molecule has 1 N–H and O–H groups in total. The van der Waals surface area contributed by atoms with Gasteiger partial charge in [-0.3, -0.25) is 0 Å². The Hall–Kier alpha value is -1.28. The zero-order chi connectivity index (χ0) is 11.2. The van der Waals surface area contributed by atoms with Crippen LogP contribution in [0.5, 0.6) is 0 Å². The first-order valence-electron chi connectivity index (χ1n) is 4.69.